The van der Waals surface area contributed by atoms with Gasteiger partial charge in [0.05, 0.1) is 31.7 Å². The lowest BCUT2D eigenvalue weighted by atomic mass is 9.59. The first-order chi connectivity index (χ1) is 16.9. The molecule has 0 aliphatic heterocycles. The van der Waals surface area contributed by atoms with Gasteiger partial charge in [0.1, 0.15) is 11.5 Å². The van der Waals surface area contributed by atoms with Crippen LogP contribution in [0.15, 0.2) is 78.6 Å². The molecule has 0 spiro atoms. The SMILES string of the molecule is COc1ccc(O/C=C/[C@]23CC[C@H](C[C@]2(O)C2=C[C@H](OCc4ccccc4)CCC2)C3(C)C)cc1. The van der Waals surface area contributed by atoms with Crippen LogP contribution in [-0.4, -0.2) is 23.9 Å². The number of fused-ring (bicyclic) bond motifs is 2. The van der Waals surface area contributed by atoms with Crippen molar-refractivity contribution >= 4 is 0 Å². The molecule has 4 atom stereocenters. The summed E-state index contributed by atoms with van der Waals surface area (Å²) in [7, 11) is 1.66. The fraction of sp³-hybridized carbons (Fsp3) is 0.484. The molecule has 0 unspecified atom stereocenters. The smallest absolute Gasteiger partial charge is 0.126 e. The Morgan fingerprint density at radius 3 is 2.46 bits per heavy atom. The third-order valence-corrected chi connectivity index (χ3v) is 9.11. The van der Waals surface area contributed by atoms with Crippen molar-refractivity contribution in [1.82, 2.24) is 0 Å². The third kappa shape index (κ3) is 4.21. The lowest BCUT2D eigenvalue weighted by Gasteiger charge is -2.48. The number of aliphatic hydroxyl groups is 1. The Labute approximate surface area is 209 Å². The van der Waals surface area contributed by atoms with Crippen molar-refractivity contribution in [2.24, 2.45) is 16.7 Å². The molecule has 0 aromatic heterocycles. The second kappa shape index (κ2) is 9.48. The lowest BCUT2D eigenvalue weighted by molar-refractivity contribution is -0.0475. The fourth-order valence-corrected chi connectivity index (χ4v) is 6.96. The molecule has 5 rings (SSSR count). The third-order valence-electron chi connectivity index (χ3n) is 9.11. The maximum atomic E-state index is 12.4. The highest BCUT2D eigenvalue weighted by Crippen LogP contribution is 2.72. The van der Waals surface area contributed by atoms with Gasteiger partial charge in [-0.15, -0.1) is 0 Å². The molecule has 35 heavy (non-hydrogen) atoms. The molecule has 1 N–H and O–H groups in total. The largest absolute Gasteiger partial charge is 0.497 e. The van der Waals surface area contributed by atoms with E-state index in [2.05, 4.69) is 38.1 Å². The van der Waals surface area contributed by atoms with Gasteiger partial charge in [0.2, 0.25) is 0 Å². The molecule has 3 aliphatic rings. The van der Waals surface area contributed by atoms with E-state index >= 15 is 0 Å². The van der Waals surface area contributed by atoms with E-state index in [9.17, 15) is 5.11 Å². The zero-order valence-corrected chi connectivity index (χ0v) is 21.2. The minimum absolute atomic E-state index is 0.0137. The Morgan fingerprint density at radius 2 is 1.74 bits per heavy atom. The molecule has 4 nitrogen and oxygen atoms in total. The van der Waals surface area contributed by atoms with Crippen LogP contribution in [0.4, 0.5) is 0 Å². The predicted octanol–water partition coefficient (Wildman–Crippen LogP) is 6.84. The number of hydrogen-bond donors (Lipinski definition) is 1. The normalized spacial score (nSPS) is 31.5. The first-order valence-electron chi connectivity index (χ1n) is 13.0. The zero-order chi connectivity index (χ0) is 24.5. The van der Waals surface area contributed by atoms with Gasteiger partial charge in [0.25, 0.3) is 0 Å². The summed E-state index contributed by atoms with van der Waals surface area (Å²) >= 11 is 0. The highest BCUT2D eigenvalue weighted by atomic mass is 16.5. The van der Waals surface area contributed by atoms with Gasteiger partial charge in [-0.1, -0.05) is 50.3 Å². The second-order valence-corrected chi connectivity index (χ2v) is 11.0. The van der Waals surface area contributed by atoms with Gasteiger partial charge in [-0.05, 0) is 91.3 Å². The number of ether oxygens (including phenoxy) is 3. The average molecular weight is 475 g/mol. The van der Waals surface area contributed by atoms with Crippen molar-refractivity contribution in [3.05, 3.63) is 84.1 Å². The predicted molar refractivity (Wildman–Crippen MR) is 138 cm³/mol. The Balaban J connectivity index is 1.38. The molecule has 0 amide bonds. The lowest BCUT2D eigenvalue weighted by Crippen LogP contribution is -2.50. The molecule has 4 heteroatoms. The van der Waals surface area contributed by atoms with Gasteiger partial charge < -0.3 is 19.3 Å². The van der Waals surface area contributed by atoms with Gasteiger partial charge in [-0.25, -0.2) is 0 Å². The highest BCUT2D eigenvalue weighted by molar-refractivity contribution is 5.38. The summed E-state index contributed by atoms with van der Waals surface area (Å²) in [5.41, 5.74) is 1.10. The van der Waals surface area contributed by atoms with Gasteiger partial charge >= 0.3 is 0 Å². The van der Waals surface area contributed by atoms with Crippen LogP contribution in [0.3, 0.4) is 0 Å². The topological polar surface area (TPSA) is 47.9 Å². The van der Waals surface area contributed by atoms with Crippen LogP contribution in [0.1, 0.15) is 57.9 Å². The maximum absolute atomic E-state index is 12.4. The summed E-state index contributed by atoms with van der Waals surface area (Å²) in [6.45, 7) is 5.25. The molecule has 2 bridgehead atoms. The van der Waals surface area contributed by atoms with Crippen molar-refractivity contribution in [3.63, 3.8) is 0 Å². The summed E-state index contributed by atoms with van der Waals surface area (Å²) in [6, 6.07) is 17.9. The summed E-state index contributed by atoms with van der Waals surface area (Å²) < 4.78 is 17.5. The van der Waals surface area contributed by atoms with Gasteiger partial charge in [-0.2, -0.15) is 0 Å². The molecule has 2 aromatic rings. The molecule has 2 fully saturated rings. The van der Waals surface area contributed by atoms with Crippen molar-refractivity contribution in [2.45, 2.75) is 70.7 Å². The van der Waals surface area contributed by atoms with Crippen LogP contribution in [0.25, 0.3) is 0 Å². The molecular weight excluding hydrogens is 436 g/mol. The van der Waals surface area contributed by atoms with E-state index in [1.807, 2.05) is 42.5 Å². The van der Waals surface area contributed by atoms with Crippen LogP contribution in [0, 0.1) is 16.7 Å². The minimum Gasteiger partial charge on any atom is -0.497 e. The molecular formula is C31H38O4. The summed E-state index contributed by atoms with van der Waals surface area (Å²) in [5.74, 6) is 2.06. The monoisotopic (exact) mass is 474 g/mol. The maximum Gasteiger partial charge on any atom is 0.126 e. The van der Waals surface area contributed by atoms with Gasteiger partial charge in [0, 0.05) is 5.41 Å². The first-order valence-corrected chi connectivity index (χ1v) is 13.0. The Kier molecular flexibility index (Phi) is 6.54. The summed E-state index contributed by atoms with van der Waals surface area (Å²) in [4.78, 5) is 0. The molecule has 2 aromatic carbocycles. The second-order valence-electron chi connectivity index (χ2n) is 11.0. The average Bonchev–Trinajstić information content (AvgIpc) is 3.23. The molecule has 2 saturated carbocycles. The van der Waals surface area contributed by atoms with Crippen molar-refractivity contribution in [2.75, 3.05) is 7.11 Å². The first kappa shape index (κ1) is 24.1. The highest BCUT2D eigenvalue weighted by Gasteiger charge is 2.70. The summed E-state index contributed by atoms with van der Waals surface area (Å²) in [5, 5.41) is 12.4. The fourth-order valence-electron chi connectivity index (χ4n) is 6.96. The number of methoxy groups -OCH3 is 1. The number of hydrogen-bond acceptors (Lipinski definition) is 4. The van der Waals surface area contributed by atoms with E-state index in [1.165, 1.54) is 5.56 Å². The standard InChI is InChI=1S/C31H38O4/c1-29(2)25-16-17-30(29,18-19-34-27-14-12-26(33-3)13-15-27)31(32,21-25)24-10-7-11-28(20-24)35-22-23-8-5-4-6-9-23/h4-6,8-9,12-15,18-20,25,28,32H,7,10-11,16-17,21-22H2,1-3H3/b19-18+/t25-,28-,30+,31+/m1/s1. The van der Waals surface area contributed by atoms with E-state index in [4.69, 9.17) is 14.2 Å². The zero-order valence-electron chi connectivity index (χ0n) is 21.2. The Bertz CT molecular complexity index is 1070. The van der Waals surface area contributed by atoms with E-state index in [1.54, 1.807) is 13.4 Å². The van der Waals surface area contributed by atoms with Crippen LogP contribution >= 0.6 is 0 Å². The molecule has 0 heterocycles. The van der Waals surface area contributed by atoms with Crippen LogP contribution in [-0.2, 0) is 11.3 Å². The van der Waals surface area contributed by atoms with Crippen LogP contribution < -0.4 is 9.47 Å². The minimum atomic E-state index is -0.867. The quantitative estimate of drug-likeness (QED) is 0.336. The Hall–Kier alpha value is -2.56. The van der Waals surface area contributed by atoms with Crippen molar-refractivity contribution in [1.29, 1.82) is 0 Å². The molecule has 0 saturated heterocycles. The van der Waals surface area contributed by atoms with E-state index in [0.29, 0.717) is 12.5 Å². The van der Waals surface area contributed by atoms with Gasteiger partial charge in [0.15, 0.2) is 0 Å². The number of rotatable bonds is 8. The molecule has 186 valence electrons. The van der Waals surface area contributed by atoms with E-state index in [0.717, 1.165) is 55.6 Å². The van der Waals surface area contributed by atoms with Crippen LogP contribution in [0.2, 0.25) is 0 Å². The van der Waals surface area contributed by atoms with Crippen molar-refractivity contribution < 1.29 is 19.3 Å². The van der Waals surface area contributed by atoms with E-state index < -0.39 is 5.60 Å². The van der Waals surface area contributed by atoms with Gasteiger partial charge in [-0.3, -0.25) is 0 Å². The number of benzene rings is 2. The molecule has 0 radical (unpaired) electrons. The van der Waals surface area contributed by atoms with Crippen LogP contribution in [0.5, 0.6) is 11.5 Å². The van der Waals surface area contributed by atoms with E-state index in [-0.39, 0.29) is 16.9 Å². The van der Waals surface area contributed by atoms with Crippen molar-refractivity contribution in [3.8, 4) is 11.5 Å². The Morgan fingerprint density at radius 1 is 1.00 bits per heavy atom. The molecule has 3 aliphatic carbocycles. The summed E-state index contributed by atoms with van der Waals surface area (Å²) in [6.07, 6.45) is 12.1.